The van der Waals surface area contributed by atoms with Crippen LogP contribution in [0.2, 0.25) is 0 Å². The van der Waals surface area contributed by atoms with Crippen LogP contribution < -0.4 is 4.90 Å². The fraction of sp³-hybridized carbons (Fsp3) is 0.143. The third kappa shape index (κ3) is 1.93. The molecule has 3 aromatic rings. The highest BCUT2D eigenvalue weighted by molar-refractivity contribution is 5.49. The first-order valence-corrected chi connectivity index (χ1v) is 5.86. The summed E-state index contributed by atoms with van der Waals surface area (Å²) in [6.07, 6.45) is 0. The van der Waals surface area contributed by atoms with Crippen LogP contribution in [0.25, 0.3) is 11.4 Å². The molecule has 1 aromatic heterocycles. The maximum absolute atomic E-state index is 5.44. The van der Waals surface area contributed by atoms with E-state index in [1.54, 1.807) is 9.71 Å². The molecule has 4 heteroatoms. The summed E-state index contributed by atoms with van der Waals surface area (Å²) in [5.41, 5.74) is 3.21. The van der Waals surface area contributed by atoms with Crippen molar-refractivity contribution in [3.05, 3.63) is 54.6 Å². The van der Waals surface area contributed by atoms with E-state index in [1.165, 1.54) is 5.69 Å². The van der Waals surface area contributed by atoms with E-state index in [0.717, 1.165) is 11.4 Å². The molecule has 92 valence electrons. The lowest BCUT2D eigenvalue weighted by molar-refractivity contribution is 0.475. The number of anilines is 1. The standard InChI is InChI=1S/C14H15N3O/c1-15(2)12-8-10-14(11-9-12)17-16(18-17)13-6-4-3-5-7-13/h3-11H,1-2H3. The second-order valence-corrected chi connectivity index (χ2v) is 4.37. The number of nitrogens with zero attached hydrogens (tertiary/aromatic N) is 3. The Balaban J connectivity index is 1.85. The normalized spacial score (nSPS) is 10.8. The average molecular weight is 241 g/mol. The van der Waals surface area contributed by atoms with Gasteiger partial charge in [0.2, 0.25) is 0 Å². The third-order valence-electron chi connectivity index (χ3n) is 2.86. The molecule has 3 rings (SSSR count). The summed E-state index contributed by atoms with van der Waals surface area (Å²) < 4.78 is 5.44. The van der Waals surface area contributed by atoms with E-state index < -0.39 is 0 Å². The minimum Gasteiger partial charge on any atom is -0.378 e. The summed E-state index contributed by atoms with van der Waals surface area (Å²) in [6.45, 7) is 0. The molecule has 0 radical (unpaired) electrons. The zero-order chi connectivity index (χ0) is 12.5. The van der Waals surface area contributed by atoms with Gasteiger partial charge in [0.05, 0.1) is 0 Å². The summed E-state index contributed by atoms with van der Waals surface area (Å²) in [7, 11) is 4.05. The number of para-hydroxylation sites is 1. The first-order chi connectivity index (χ1) is 8.75. The lowest BCUT2D eigenvalue weighted by atomic mass is 10.3. The van der Waals surface area contributed by atoms with Crippen LogP contribution in [0.4, 0.5) is 5.69 Å². The minimum atomic E-state index is 1.02. The molecular formula is C14H15N3O. The first-order valence-electron chi connectivity index (χ1n) is 5.86. The molecule has 2 aromatic carbocycles. The summed E-state index contributed by atoms with van der Waals surface area (Å²) >= 11 is 0. The Morgan fingerprint density at radius 1 is 0.778 bits per heavy atom. The third-order valence-corrected chi connectivity index (χ3v) is 2.86. The Morgan fingerprint density at radius 3 is 1.89 bits per heavy atom. The molecule has 0 atom stereocenters. The van der Waals surface area contributed by atoms with Crippen LogP contribution in [0.1, 0.15) is 0 Å². The van der Waals surface area contributed by atoms with Crippen LogP contribution in [-0.2, 0) is 0 Å². The van der Waals surface area contributed by atoms with Crippen LogP contribution in [0.15, 0.2) is 59.2 Å². The summed E-state index contributed by atoms with van der Waals surface area (Å²) in [6, 6.07) is 18.2. The van der Waals surface area contributed by atoms with Crippen molar-refractivity contribution in [3.63, 3.8) is 0 Å². The topological polar surface area (TPSA) is 26.2 Å². The largest absolute Gasteiger partial charge is 0.378 e. The molecule has 0 unspecified atom stereocenters. The van der Waals surface area contributed by atoms with Crippen molar-refractivity contribution in [2.24, 2.45) is 0 Å². The van der Waals surface area contributed by atoms with E-state index in [1.807, 2.05) is 56.6 Å². The number of rotatable bonds is 3. The van der Waals surface area contributed by atoms with E-state index in [4.69, 9.17) is 4.63 Å². The zero-order valence-corrected chi connectivity index (χ0v) is 10.4. The van der Waals surface area contributed by atoms with E-state index in [2.05, 4.69) is 17.0 Å². The van der Waals surface area contributed by atoms with Gasteiger partial charge in [-0.1, -0.05) is 27.9 Å². The van der Waals surface area contributed by atoms with E-state index >= 15 is 0 Å². The Bertz CT molecular complexity index is 614. The maximum atomic E-state index is 5.44. The Hall–Kier alpha value is -2.36. The Kier molecular flexibility index (Phi) is 2.48. The Morgan fingerprint density at radius 2 is 1.33 bits per heavy atom. The minimum absolute atomic E-state index is 1.02. The lowest BCUT2D eigenvalue weighted by Gasteiger charge is -2.11. The van der Waals surface area contributed by atoms with Crippen molar-refractivity contribution in [2.75, 3.05) is 19.0 Å². The van der Waals surface area contributed by atoms with Crippen LogP contribution in [0.5, 0.6) is 0 Å². The SMILES string of the molecule is CN(C)c1ccc(-n2on2-c2ccccc2)cc1. The quantitative estimate of drug-likeness (QED) is 0.704. The van der Waals surface area contributed by atoms with Gasteiger partial charge in [-0.15, -0.1) is 0 Å². The zero-order valence-electron chi connectivity index (χ0n) is 10.4. The molecule has 0 saturated heterocycles. The molecule has 0 aliphatic rings. The van der Waals surface area contributed by atoms with E-state index in [9.17, 15) is 0 Å². The Labute approximate surface area is 106 Å². The number of aromatic nitrogens is 2. The van der Waals surface area contributed by atoms with Crippen LogP contribution in [-0.4, -0.2) is 23.8 Å². The highest BCUT2D eigenvalue weighted by Crippen LogP contribution is 2.20. The molecule has 1 heterocycles. The molecule has 0 amide bonds. The fourth-order valence-corrected chi connectivity index (χ4v) is 1.79. The van der Waals surface area contributed by atoms with Gasteiger partial charge < -0.3 is 4.90 Å². The van der Waals surface area contributed by atoms with Crippen molar-refractivity contribution in [2.45, 2.75) is 0 Å². The monoisotopic (exact) mass is 241 g/mol. The summed E-state index contributed by atoms with van der Waals surface area (Å²) in [5, 5.41) is 0. The first kappa shape index (κ1) is 10.8. The molecule has 0 aliphatic carbocycles. The highest BCUT2D eigenvalue weighted by atomic mass is 16.8. The van der Waals surface area contributed by atoms with Gasteiger partial charge in [-0.05, 0) is 36.4 Å². The average Bonchev–Trinajstić information content (AvgIpc) is 3.20. The van der Waals surface area contributed by atoms with Gasteiger partial charge >= 0.3 is 0 Å². The van der Waals surface area contributed by atoms with Gasteiger partial charge in [0, 0.05) is 19.8 Å². The van der Waals surface area contributed by atoms with Crippen molar-refractivity contribution >= 4 is 5.69 Å². The second kappa shape index (κ2) is 4.14. The maximum Gasteiger partial charge on any atom is 0.106 e. The summed E-state index contributed by atoms with van der Waals surface area (Å²) in [5.74, 6) is 0. The lowest BCUT2D eigenvalue weighted by Crippen LogP contribution is -2.08. The predicted octanol–water partition coefficient (Wildman–Crippen LogP) is 2.93. The van der Waals surface area contributed by atoms with Gasteiger partial charge in [-0.3, -0.25) is 0 Å². The molecule has 18 heavy (non-hydrogen) atoms. The van der Waals surface area contributed by atoms with E-state index in [-0.39, 0.29) is 0 Å². The second-order valence-electron chi connectivity index (χ2n) is 4.37. The number of benzene rings is 2. The van der Waals surface area contributed by atoms with E-state index in [0.29, 0.717) is 0 Å². The van der Waals surface area contributed by atoms with Gasteiger partial charge in [0.1, 0.15) is 11.4 Å². The van der Waals surface area contributed by atoms with Crippen LogP contribution >= 0.6 is 0 Å². The molecule has 0 aliphatic heterocycles. The molecule has 0 bridgehead atoms. The van der Waals surface area contributed by atoms with Crippen molar-refractivity contribution in [3.8, 4) is 11.4 Å². The van der Waals surface area contributed by atoms with Crippen LogP contribution in [0.3, 0.4) is 0 Å². The van der Waals surface area contributed by atoms with Gasteiger partial charge in [-0.25, -0.2) is 4.63 Å². The molecule has 0 spiro atoms. The molecular weight excluding hydrogens is 226 g/mol. The highest BCUT2D eigenvalue weighted by Gasteiger charge is 2.14. The van der Waals surface area contributed by atoms with Crippen molar-refractivity contribution in [1.29, 1.82) is 0 Å². The molecule has 4 nitrogen and oxygen atoms in total. The molecule has 0 fully saturated rings. The predicted molar refractivity (Wildman–Crippen MR) is 71.7 cm³/mol. The molecule has 0 N–H and O–H groups in total. The smallest absolute Gasteiger partial charge is 0.106 e. The van der Waals surface area contributed by atoms with Gasteiger partial charge in [-0.2, -0.15) is 0 Å². The van der Waals surface area contributed by atoms with Crippen LogP contribution in [0, 0.1) is 0 Å². The van der Waals surface area contributed by atoms with Gasteiger partial charge in [0.15, 0.2) is 0 Å². The van der Waals surface area contributed by atoms with Crippen molar-refractivity contribution in [1.82, 2.24) is 9.71 Å². The van der Waals surface area contributed by atoms with Gasteiger partial charge in [0.25, 0.3) is 0 Å². The number of hydrogen-bond donors (Lipinski definition) is 0. The van der Waals surface area contributed by atoms with Crippen molar-refractivity contribution < 1.29 is 4.63 Å². The fourth-order valence-electron chi connectivity index (χ4n) is 1.79. The number of hydrogen-bond acceptors (Lipinski definition) is 2. The summed E-state index contributed by atoms with van der Waals surface area (Å²) in [4.78, 5) is 5.58. The molecule has 0 saturated carbocycles.